The fourth-order valence-corrected chi connectivity index (χ4v) is 2.80. The molecule has 1 saturated heterocycles. The lowest BCUT2D eigenvalue weighted by atomic mass is 10.2. The summed E-state index contributed by atoms with van der Waals surface area (Å²) in [4.78, 5) is 14.5. The van der Waals surface area contributed by atoms with Crippen molar-refractivity contribution in [1.29, 1.82) is 0 Å². The van der Waals surface area contributed by atoms with Crippen LogP contribution in [-0.2, 0) is 4.74 Å². The van der Waals surface area contributed by atoms with Crippen molar-refractivity contribution in [2.75, 3.05) is 36.5 Å². The van der Waals surface area contributed by atoms with Crippen molar-refractivity contribution in [3.05, 3.63) is 46.9 Å². The van der Waals surface area contributed by atoms with Gasteiger partial charge in [-0.1, -0.05) is 17.7 Å². The zero-order valence-electron chi connectivity index (χ0n) is 12.3. The number of nitrogens with zero attached hydrogens (tertiary/aromatic N) is 1. The van der Waals surface area contributed by atoms with Gasteiger partial charge in [0.15, 0.2) is 5.76 Å². The highest BCUT2D eigenvalue weighted by atomic mass is 35.5. The predicted octanol–water partition coefficient (Wildman–Crippen LogP) is 3.33. The van der Waals surface area contributed by atoms with Crippen molar-refractivity contribution in [3.8, 4) is 0 Å². The SMILES string of the molecule is Cc1ccoc1C(=O)Nc1cccc(Cl)c1N1CCOCC1. The Balaban J connectivity index is 1.88. The van der Waals surface area contributed by atoms with Crippen LogP contribution in [0, 0.1) is 6.92 Å². The number of nitrogens with one attached hydrogen (secondary N) is 1. The summed E-state index contributed by atoms with van der Waals surface area (Å²) in [7, 11) is 0. The summed E-state index contributed by atoms with van der Waals surface area (Å²) in [5.74, 6) is 0.0344. The molecule has 0 atom stereocenters. The standard InChI is InChI=1S/C16H17ClN2O3/c1-11-5-8-22-15(11)16(20)18-13-4-2-3-12(17)14(13)19-6-9-21-10-7-19/h2-5,8H,6-7,9-10H2,1H3,(H,18,20). The second-order valence-electron chi connectivity index (χ2n) is 5.12. The van der Waals surface area contributed by atoms with E-state index in [1.165, 1.54) is 6.26 Å². The molecule has 0 saturated carbocycles. The summed E-state index contributed by atoms with van der Waals surface area (Å²) in [6, 6.07) is 7.24. The third kappa shape index (κ3) is 2.96. The van der Waals surface area contributed by atoms with Gasteiger partial charge in [0.1, 0.15) is 0 Å². The van der Waals surface area contributed by atoms with Crippen LogP contribution in [0.15, 0.2) is 34.9 Å². The monoisotopic (exact) mass is 320 g/mol. The van der Waals surface area contributed by atoms with Crippen molar-refractivity contribution in [3.63, 3.8) is 0 Å². The minimum atomic E-state index is -0.278. The molecule has 2 heterocycles. The Hall–Kier alpha value is -1.98. The molecule has 1 amide bonds. The van der Waals surface area contributed by atoms with E-state index >= 15 is 0 Å². The van der Waals surface area contributed by atoms with E-state index in [0.29, 0.717) is 29.7 Å². The first-order chi connectivity index (χ1) is 10.7. The van der Waals surface area contributed by atoms with Gasteiger partial charge in [-0.3, -0.25) is 4.79 Å². The van der Waals surface area contributed by atoms with Crippen molar-refractivity contribution in [1.82, 2.24) is 0 Å². The van der Waals surface area contributed by atoms with E-state index in [-0.39, 0.29) is 5.91 Å². The molecule has 1 N–H and O–H groups in total. The smallest absolute Gasteiger partial charge is 0.291 e. The highest BCUT2D eigenvalue weighted by Crippen LogP contribution is 2.34. The molecule has 22 heavy (non-hydrogen) atoms. The molecule has 0 unspecified atom stereocenters. The van der Waals surface area contributed by atoms with Crippen molar-refractivity contribution in [2.45, 2.75) is 6.92 Å². The van der Waals surface area contributed by atoms with Crippen LogP contribution in [0.4, 0.5) is 11.4 Å². The molecule has 5 nitrogen and oxygen atoms in total. The van der Waals surface area contributed by atoms with Gasteiger partial charge in [-0.15, -0.1) is 0 Å². The van der Waals surface area contributed by atoms with E-state index in [1.54, 1.807) is 6.07 Å². The van der Waals surface area contributed by atoms with Gasteiger partial charge >= 0.3 is 0 Å². The molecule has 2 aromatic rings. The number of ether oxygens (including phenoxy) is 1. The molecule has 1 fully saturated rings. The van der Waals surface area contributed by atoms with Crippen LogP contribution in [0.3, 0.4) is 0 Å². The number of aryl methyl sites for hydroxylation is 1. The first-order valence-electron chi connectivity index (χ1n) is 7.13. The minimum absolute atomic E-state index is 0.278. The van der Waals surface area contributed by atoms with E-state index in [2.05, 4.69) is 10.2 Å². The Labute approximate surface area is 133 Å². The molecule has 6 heteroatoms. The van der Waals surface area contributed by atoms with Gasteiger partial charge in [0.05, 0.1) is 35.9 Å². The molecular formula is C16H17ClN2O3. The lowest BCUT2D eigenvalue weighted by Gasteiger charge is -2.31. The van der Waals surface area contributed by atoms with Crippen LogP contribution in [0.1, 0.15) is 16.1 Å². The maximum atomic E-state index is 12.4. The largest absolute Gasteiger partial charge is 0.459 e. The molecule has 0 spiro atoms. The van der Waals surface area contributed by atoms with Crippen LogP contribution in [-0.4, -0.2) is 32.2 Å². The number of para-hydroxylation sites is 1. The Kier molecular flexibility index (Phi) is 4.36. The normalized spacial score (nSPS) is 14.9. The molecule has 1 aromatic carbocycles. The van der Waals surface area contributed by atoms with Crippen molar-refractivity contribution >= 4 is 28.9 Å². The first kappa shape index (κ1) is 14.9. The second kappa shape index (κ2) is 6.42. The Morgan fingerprint density at radius 1 is 1.27 bits per heavy atom. The summed E-state index contributed by atoms with van der Waals surface area (Å²) in [5, 5.41) is 3.50. The van der Waals surface area contributed by atoms with E-state index in [4.69, 9.17) is 20.8 Å². The Morgan fingerprint density at radius 3 is 2.73 bits per heavy atom. The number of furan rings is 1. The zero-order valence-corrected chi connectivity index (χ0v) is 13.0. The highest BCUT2D eigenvalue weighted by Gasteiger charge is 2.20. The fourth-order valence-electron chi connectivity index (χ4n) is 2.51. The Bertz CT molecular complexity index is 678. The van der Waals surface area contributed by atoms with Crippen LogP contribution < -0.4 is 10.2 Å². The van der Waals surface area contributed by atoms with Crippen molar-refractivity contribution in [2.24, 2.45) is 0 Å². The third-order valence-electron chi connectivity index (χ3n) is 3.63. The number of amides is 1. The number of benzene rings is 1. The average molecular weight is 321 g/mol. The number of carbonyl (C=O) groups is 1. The minimum Gasteiger partial charge on any atom is -0.459 e. The first-order valence-corrected chi connectivity index (χ1v) is 7.51. The molecule has 116 valence electrons. The molecule has 1 aliphatic rings. The predicted molar refractivity (Wildman–Crippen MR) is 85.9 cm³/mol. The van der Waals surface area contributed by atoms with Gasteiger partial charge in [-0.2, -0.15) is 0 Å². The highest BCUT2D eigenvalue weighted by molar-refractivity contribution is 6.34. The van der Waals surface area contributed by atoms with Crippen LogP contribution in [0.25, 0.3) is 0 Å². The maximum Gasteiger partial charge on any atom is 0.291 e. The number of halogens is 1. The van der Waals surface area contributed by atoms with E-state index in [1.807, 2.05) is 25.1 Å². The summed E-state index contributed by atoms with van der Waals surface area (Å²) in [5.41, 5.74) is 2.30. The molecule has 1 aliphatic heterocycles. The maximum absolute atomic E-state index is 12.4. The topological polar surface area (TPSA) is 54.7 Å². The molecule has 0 bridgehead atoms. The van der Waals surface area contributed by atoms with Gasteiger partial charge in [-0.25, -0.2) is 0 Å². The molecule has 0 aliphatic carbocycles. The molecule has 1 aromatic heterocycles. The molecule has 0 radical (unpaired) electrons. The van der Waals surface area contributed by atoms with E-state index in [0.717, 1.165) is 24.3 Å². The lowest BCUT2D eigenvalue weighted by Crippen LogP contribution is -2.37. The number of anilines is 2. The summed E-state index contributed by atoms with van der Waals surface area (Å²) >= 11 is 6.35. The second-order valence-corrected chi connectivity index (χ2v) is 5.53. The number of rotatable bonds is 3. The van der Waals surface area contributed by atoms with Gasteiger partial charge in [0.25, 0.3) is 5.91 Å². The zero-order chi connectivity index (χ0) is 15.5. The average Bonchev–Trinajstić information content (AvgIpc) is 2.94. The number of morpholine rings is 1. The van der Waals surface area contributed by atoms with Gasteiger partial charge in [0, 0.05) is 18.7 Å². The van der Waals surface area contributed by atoms with Crippen LogP contribution >= 0.6 is 11.6 Å². The molecular weight excluding hydrogens is 304 g/mol. The van der Waals surface area contributed by atoms with Gasteiger partial charge < -0.3 is 19.4 Å². The van der Waals surface area contributed by atoms with Crippen molar-refractivity contribution < 1.29 is 13.9 Å². The van der Waals surface area contributed by atoms with E-state index in [9.17, 15) is 4.79 Å². The Morgan fingerprint density at radius 2 is 2.05 bits per heavy atom. The van der Waals surface area contributed by atoms with Crippen LogP contribution in [0.5, 0.6) is 0 Å². The number of carbonyl (C=O) groups excluding carboxylic acids is 1. The van der Waals surface area contributed by atoms with Crippen LogP contribution in [0.2, 0.25) is 5.02 Å². The number of hydrogen-bond acceptors (Lipinski definition) is 4. The quantitative estimate of drug-likeness (QED) is 0.942. The molecule has 3 rings (SSSR count). The van der Waals surface area contributed by atoms with Gasteiger partial charge in [0.2, 0.25) is 0 Å². The number of hydrogen-bond donors (Lipinski definition) is 1. The lowest BCUT2D eigenvalue weighted by molar-refractivity contribution is 0.0996. The fraction of sp³-hybridized carbons (Fsp3) is 0.312. The summed E-state index contributed by atoms with van der Waals surface area (Å²) in [6.07, 6.45) is 1.51. The summed E-state index contributed by atoms with van der Waals surface area (Å²) in [6.45, 7) is 4.61. The van der Waals surface area contributed by atoms with E-state index < -0.39 is 0 Å². The summed E-state index contributed by atoms with van der Waals surface area (Å²) < 4.78 is 10.6. The van der Waals surface area contributed by atoms with Gasteiger partial charge in [-0.05, 0) is 25.1 Å². The third-order valence-corrected chi connectivity index (χ3v) is 3.94.